The van der Waals surface area contributed by atoms with E-state index < -0.39 is 35.1 Å². The molecule has 8 nitrogen and oxygen atoms in total. The van der Waals surface area contributed by atoms with E-state index in [0.717, 1.165) is 23.3 Å². The van der Waals surface area contributed by atoms with Gasteiger partial charge in [0.15, 0.2) is 17.7 Å². The van der Waals surface area contributed by atoms with Crippen molar-refractivity contribution < 1.29 is 27.8 Å². The minimum atomic E-state index is -0.821. The molecule has 1 saturated heterocycles. The molecule has 1 fully saturated rings. The first-order valence-corrected chi connectivity index (χ1v) is 13.5. The second kappa shape index (κ2) is 11.6. The van der Waals surface area contributed by atoms with Crippen LogP contribution in [-0.2, 0) is 30.9 Å². The zero-order valence-electron chi connectivity index (χ0n) is 22.5. The van der Waals surface area contributed by atoms with Crippen molar-refractivity contribution in [1.29, 1.82) is 0 Å². The standard InChI is InChI=1S/C32H27F2N3O5/c33-23-12-11-22(26(34)14-23)15-35-31(39)25-16-36-17-27-37(24(19-41-27)13-20-7-3-1-4-8-20)32(40)28(36)30(29(25)38)42-18-21-9-5-2-6-10-21/h1-12,14,16,24,27H,13,15,17-19H2,(H,35,39)/t24-,27+/m1/s1. The molecule has 42 heavy (non-hydrogen) atoms. The molecule has 2 aliphatic heterocycles. The third-order valence-electron chi connectivity index (χ3n) is 7.45. The fourth-order valence-electron chi connectivity index (χ4n) is 5.35. The summed E-state index contributed by atoms with van der Waals surface area (Å²) in [4.78, 5) is 42.5. The van der Waals surface area contributed by atoms with Crippen molar-refractivity contribution in [3.63, 3.8) is 0 Å². The molecule has 0 saturated carbocycles. The topological polar surface area (TPSA) is 89.9 Å². The SMILES string of the molecule is O=C(NCc1ccc(F)cc1F)c1cn2c(c(OCc3ccccc3)c1=O)C(=O)N1[C@H](Cc3ccccc3)CO[C@H]1C2. The van der Waals surface area contributed by atoms with Crippen LogP contribution in [0.15, 0.2) is 89.9 Å². The number of nitrogens with one attached hydrogen (secondary N) is 1. The van der Waals surface area contributed by atoms with E-state index in [9.17, 15) is 23.2 Å². The molecule has 0 spiro atoms. The molecule has 3 aromatic carbocycles. The van der Waals surface area contributed by atoms with Crippen LogP contribution in [0.5, 0.6) is 5.75 Å². The van der Waals surface area contributed by atoms with E-state index in [4.69, 9.17) is 9.47 Å². The Labute approximate surface area is 240 Å². The summed E-state index contributed by atoms with van der Waals surface area (Å²) in [6, 6.07) is 21.7. The number of aromatic nitrogens is 1. The summed E-state index contributed by atoms with van der Waals surface area (Å²) in [6.07, 6.45) is 1.30. The zero-order valence-corrected chi connectivity index (χ0v) is 22.5. The lowest BCUT2D eigenvalue weighted by atomic mass is 10.0. The molecule has 1 N–H and O–H groups in total. The highest BCUT2D eigenvalue weighted by Crippen LogP contribution is 2.32. The Hall–Kier alpha value is -4.83. The molecule has 2 aliphatic rings. The predicted molar refractivity (Wildman–Crippen MR) is 149 cm³/mol. The molecule has 6 rings (SSSR count). The molecule has 214 valence electrons. The molecule has 0 aliphatic carbocycles. The lowest BCUT2D eigenvalue weighted by Gasteiger charge is -2.35. The van der Waals surface area contributed by atoms with Crippen LogP contribution in [0.2, 0.25) is 0 Å². The van der Waals surface area contributed by atoms with Crippen LogP contribution >= 0.6 is 0 Å². The fraction of sp³-hybridized carbons (Fsp3) is 0.219. The lowest BCUT2D eigenvalue weighted by Crippen LogP contribution is -2.50. The average Bonchev–Trinajstić information content (AvgIpc) is 3.39. The minimum absolute atomic E-state index is 0.00437. The summed E-state index contributed by atoms with van der Waals surface area (Å²) in [7, 11) is 0. The van der Waals surface area contributed by atoms with Gasteiger partial charge in [0.25, 0.3) is 11.8 Å². The number of benzene rings is 3. The van der Waals surface area contributed by atoms with Gasteiger partial charge >= 0.3 is 0 Å². The first-order valence-electron chi connectivity index (χ1n) is 13.5. The Morgan fingerprint density at radius 2 is 1.69 bits per heavy atom. The van der Waals surface area contributed by atoms with E-state index in [2.05, 4.69) is 5.32 Å². The second-order valence-electron chi connectivity index (χ2n) is 10.2. The van der Waals surface area contributed by atoms with Gasteiger partial charge in [-0.05, 0) is 23.6 Å². The van der Waals surface area contributed by atoms with E-state index in [0.29, 0.717) is 13.0 Å². The fourth-order valence-corrected chi connectivity index (χ4v) is 5.35. The van der Waals surface area contributed by atoms with Gasteiger partial charge in [-0.15, -0.1) is 0 Å². The molecule has 4 aromatic rings. The van der Waals surface area contributed by atoms with E-state index in [1.54, 1.807) is 4.90 Å². The highest BCUT2D eigenvalue weighted by molar-refractivity contribution is 5.99. The van der Waals surface area contributed by atoms with Gasteiger partial charge in [0.05, 0.1) is 19.2 Å². The zero-order chi connectivity index (χ0) is 29.2. The van der Waals surface area contributed by atoms with Crippen LogP contribution in [0.3, 0.4) is 0 Å². The Bertz CT molecular complexity index is 1690. The van der Waals surface area contributed by atoms with E-state index in [-0.39, 0.29) is 48.3 Å². The Morgan fingerprint density at radius 3 is 2.40 bits per heavy atom. The van der Waals surface area contributed by atoms with Crippen LogP contribution in [0.4, 0.5) is 8.78 Å². The monoisotopic (exact) mass is 571 g/mol. The largest absolute Gasteiger partial charge is 0.483 e. The lowest BCUT2D eigenvalue weighted by molar-refractivity contribution is 0.00554. The number of carbonyl (C=O) groups excluding carboxylic acids is 2. The van der Waals surface area contributed by atoms with Crippen LogP contribution in [0.25, 0.3) is 0 Å². The molecule has 1 aromatic heterocycles. The number of halogens is 2. The third kappa shape index (κ3) is 5.40. The van der Waals surface area contributed by atoms with Crippen molar-refractivity contribution in [3.8, 4) is 5.75 Å². The number of pyridine rings is 1. The highest BCUT2D eigenvalue weighted by atomic mass is 19.1. The van der Waals surface area contributed by atoms with Crippen LogP contribution in [-0.4, -0.2) is 40.2 Å². The van der Waals surface area contributed by atoms with E-state index >= 15 is 0 Å². The van der Waals surface area contributed by atoms with Crippen molar-refractivity contribution in [2.75, 3.05) is 6.61 Å². The summed E-state index contributed by atoms with van der Waals surface area (Å²) >= 11 is 0. The van der Waals surface area contributed by atoms with Crippen molar-refractivity contribution >= 4 is 11.8 Å². The van der Waals surface area contributed by atoms with Gasteiger partial charge in [-0.3, -0.25) is 14.4 Å². The van der Waals surface area contributed by atoms with Crippen LogP contribution < -0.4 is 15.5 Å². The van der Waals surface area contributed by atoms with E-state index in [1.807, 2.05) is 60.7 Å². The number of carbonyl (C=O) groups is 2. The second-order valence-corrected chi connectivity index (χ2v) is 10.2. The van der Waals surface area contributed by atoms with Gasteiger partial charge in [0, 0.05) is 24.4 Å². The highest BCUT2D eigenvalue weighted by Gasteiger charge is 2.44. The molecule has 0 unspecified atom stereocenters. The van der Waals surface area contributed by atoms with Gasteiger partial charge in [-0.1, -0.05) is 66.7 Å². The van der Waals surface area contributed by atoms with Crippen LogP contribution in [0, 0.1) is 11.6 Å². The van der Waals surface area contributed by atoms with Crippen LogP contribution in [0.1, 0.15) is 37.5 Å². The molecule has 10 heteroatoms. The van der Waals surface area contributed by atoms with Gasteiger partial charge in [-0.2, -0.15) is 0 Å². The summed E-state index contributed by atoms with van der Waals surface area (Å²) in [6.45, 7) is 0.226. The van der Waals surface area contributed by atoms with Gasteiger partial charge in [0.1, 0.15) is 23.8 Å². The van der Waals surface area contributed by atoms with Gasteiger partial charge in [-0.25, -0.2) is 8.78 Å². The molecule has 0 radical (unpaired) electrons. The maximum atomic E-state index is 14.1. The smallest absolute Gasteiger partial charge is 0.276 e. The Balaban J connectivity index is 1.33. The molecule has 3 heterocycles. The maximum Gasteiger partial charge on any atom is 0.276 e. The van der Waals surface area contributed by atoms with Crippen molar-refractivity contribution in [2.24, 2.45) is 0 Å². The number of hydrogen-bond donors (Lipinski definition) is 1. The van der Waals surface area contributed by atoms with Crippen molar-refractivity contribution in [3.05, 3.63) is 135 Å². The number of fused-ring (bicyclic) bond motifs is 2. The molecule has 0 bridgehead atoms. The van der Waals surface area contributed by atoms with Crippen molar-refractivity contribution in [1.82, 2.24) is 14.8 Å². The maximum absolute atomic E-state index is 14.1. The Morgan fingerprint density at radius 1 is 0.976 bits per heavy atom. The van der Waals surface area contributed by atoms with Gasteiger partial charge in [0.2, 0.25) is 5.43 Å². The Kier molecular flexibility index (Phi) is 7.54. The molecular formula is C32H27F2N3O5. The summed E-state index contributed by atoms with van der Waals surface area (Å²) < 4.78 is 40.9. The minimum Gasteiger partial charge on any atom is -0.483 e. The van der Waals surface area contributed by atoms with E-state index in [1.165, 1.54) is 16.8 Å². The third-order valence-corrected chi connectivity index (χ3v) is 7.45. The number of hydrogen-bond acceptors (Lipinski definition) is 5. The van der Waals surface area contributed by atoms with Gasteiger partial charge < -0.3 is 24.3 Å². The number of rotatable bonds is 8. The number of ether oxygens (including phenoxy) is 2. The molecule has 2 atom stereocenters. The first kappa shape index (κ1) is 27.3. The summed E-state index contributed by atoms with van der Waals surface area (Å²) in [5, 5.41) is 2.52. The molecular weight excluding hydrogens is 544 g/mol. The summed E-state index contributed by atoms with van der Waals surface area (Å²) in [5.41, 5.74) is 0.873. The molecule has 2 amide bonds. The number of nitrogens with zero attached hydrogens (tertiary/aromatic N) is 2. The average molecular weight is 572 g/mol. The first-order chi connectivity index (χ1) is 20.4. The predicted octanol–water partition coefficient (Wildman–Crippen LogP) is 4.06. The van der Waals surface area contributed by atoms with Crippen molar-refractivity contribution in [2.45, 2.75) is 38.4 Å². The number of amides is 2. The summed E-state index contributed by atoms with van der Waals surface area (Å²) in [5.74, 6) is -3.01. The normalized spacial score (nSPS) is 17.5. The quantitative estimate of drug-likeness (QED) is 0.345.